The Balaban J connectivity index is 2.15. The molecule has 6 heteroatoms. The van der Waals surface area contributed by atoms with Crippen LogP contribution in [-0.4, -0.2) is 22.9 Å². The number of anilines is 1. The van der Waals surface area contributed by atoms with Crippen LogP contribution in [0.4, 0.5) is 5.69 Å². The molecular formula is C17H20N2O4. The number of amides is 2. The van der Waals surface area contributed by atoms with Gasteiger partial charge >= 0.3 is 5.97 Å². The van der Waals surface area contributed by atoms with E-state index in [0.29, 0.717) is 24.1 Å². The van der Waals surface area contributed by atoms with Crippen molar-refractivity contribution < 1.29 is 19.5 Å². The number of carboxylic acids is 1. The first-order valence-corrected chi connectivity index (χ1v) is 7.38. The van der Waals surface area contributed by atoms with Gasteiger partial charge in [-0.1, -0.05) is 11.1 Å². The lowest BCUT2D eigenvalue weighted by Crippen LogP contribution is -2.36. The highest BCUT2D eigenvalue weighted by atomic mass is 16.4. The van der Waals surface area contributed by atoms with Gasteiger partial charge in [0.05, 0.1) is 11.8 Å². The zero-order valence-electron chi connectivity index (χ0n) is 13.1. The molecular weight excluding hydrogens is 296 g/mol. The zero-order chi connectivity index (χ0) is 17.1. The summed E-state index contributed by atoms with van der Waals surface area (Å²) in [5, 5.41) is 12.1. The van der Waals surface area contributed by atoms with Crippen molar-refractivity contribution in [3.05, 3.63) is 41.0 Å². The zero-order valence-corrected chi connectivity index (χ0v) is 13.1. The summed E-state index contributed by atoms with van der Waals surface area (Å²) in [6.45, 7) is 3.83. The fourth-order valence-electron chi connectivity index (χ4n) is 2.78. The number of allylic oxidation sites excluding steroid dienone is 2. The van der Waals surface area contributed by atoms with Crippen LogP contribution < -0.4 is 11.1 Å². The number of aliphatic carboxylic acids is 1. The van der Waals surface area contributed by atoms with Crippen molar-refractivity contribution in [1.82, 2.24) is 0 Å². The Hall–Kier alpha value is -2.63. The van der Waals surface area contributed by atoms with Crippen LogP contribution in [-0.2, 0) is 9.59 Å². The van der Waals surface area contributed by atoms with E-state index >= 15 is 0 Å². The van der Waals surface area contributed by atoms with Crippen LogP contribution in [0.5, 0.6) is 0 Å². The normalized spacial score (nSPS) is 21.0. The number of rotatable bonds is 4. The number of nitrogens with one attached hydrogen (secondary N) is 1. The summed E-state index contributed by atoms with van der Waals surface area (Å²) in [4.78, 5) is 34.9. The summed E-state index contributed by atoms with van der Waals surface area (Å²) in [7, 11) is 0. The van der Waals surface area contributed by atoms with Gasteiger partial charge in [-0.05, 0) is 51.0 Å². The summed E-state index contributed by atoms with van der Waals surface area (Å²) in [5.74, 6) is -3.15. The van der Waals surface area contributed by atoms with E-state index in [1.54, 1.807) is 12.1 Å². The summed E-state index contributed by atoms with van der Waals surface area (Å²) < 4.78 is 0. The van der Waals surface area contributed by atoms with Gasteiger partial charge in [-0.2, -0.15) is 0 Å². The average Bonchev–Trinajstić information content (AvgIpc) is 2.49. The molecule has 0 radical (unpaired) electrons. The highest BCUT2D eigenvalue weighted by molar-refractivity contribution is 5.97. The summed E-state index contributed by atoms with van der Waals surface area (Å²) in [6, 6.07) is 6.18. The number of benzene rings is 1. The van der Waals surface area contributed by atoms with Crippen LogP contribution in [0, 0.1) is 11.8 Å². The SMILES string of the molecule is CC1=C(C)C[C@H](C(=O)Nc2ccc(C(N)=O)cc2)[C@@H](C(=O)O)C1. The second kappa shape index (κ2) is 6.64. The molecule has 2 rings (SSSR count). The molecule has 0 spiro atoms. The molecule has 2 atom stereocenters. The van der Waals surface area contributed by atoms with E-state index in [1.165, 1.54) is 12.1 Å². The topological polar surface area (TPSA) is 109 Å². The monoisotopic (exact) mass is 316 g/mol. The second-order valence-corrected chi connectivity index (χ2v) is 5.95. The van der Waals surface area contributed by atoms with Crippen molar-refractivity contribution in [3.63, 3.8) is 0 Å². The molecule has 23 heavy (non-hydrogen) atoms. The number of primary amides is 1. The fourth-order valence-corrected chi connectivity index (χ4v) is 2.78. The van der Waals surface area contributed by atoms with Gasteiger partial charge in [-0.15, -0.1) is 0 Å². The Kier molecular flexibility index (Phi) is 4.83. The van der Waals surface area contributed by atoms with Crippen molar-refractivity contribution in [3.8, 4) is 0 Å². The van der Waals surface area contributed by atoms with Crippen molar-refractivity contribution in [2.75, 3.05) is 5.32 Å². The Morgan fingerprint density at radius 1 is 1.04 bits per heavy atom. The van der Waals surface area contributed by atoms with E-state index in [4.69, 9.17) is 5.73 Å². The van der Waals surface area contributed by atoms with E-state index in [1.807, 2.05) is 13.8 Å². The molecule has 1 aromatic rings. The second-order valence-electron chi connectivity index (χ2n) is 5.95. The molecule has 0 fully saturated rings. The number of carbonyl (C=O) groups excluding carboxylic acids is 2. The number of carboxylic acid groups (broad SMARTS) is 1. The van der Waals surface area contributed by atoms with Gasteiger partial charge in [0.15, 0.2) is 0 Å². The van der Waals surface area contributed by atoms with Gasteiger partial charge < -0.3 is 16.2 Å². The third-order valence-electron chi connectivity index (χ3n) is 4.36. The molecule has 1 aliphatic carbocycles. The van der Waals surface area contributed by atoms with Crippen LogP contribution in [0.2, 0.25) is 0 Å². The molecule has 0 unspecified atom stereocenters. The molecule has 0 heterocycles. The number of hydrogen-bond acceptors (Lipinski definition) is 3. The Bertz CT molecular complexity index is 676. The molecule has 1 aromatic carbocycles. The molecule has 122 valence electrons. The minimum absolute atomic E-state index is 0.323. The van der Waals surface area contributed by atoms with Crippen molar-refractivity contribution in [2.24, 2.45) is 17.6 Å². The van der Waals surface area contributed by atoms with Crippen molar-refractivity contribution in [1.29, 1.82) is 0 Å². The van der Waals surface area contributed by atoms with E-state index in [2.05, 4.69) is 5.32 Å². The van der Waals surface area contributed by atoms with Gasteiger partial charge in [-0.3, -0.25) is 14.4 Å². The lowest BCUT2D eigenvalue weighted by atomic mass is 9.76. The maximum atomic E-state index is 12.5. The van der Waals surface area contributed by atoms with Crippen LogP contribution in [0.3, 0.4) is 0 Å². The lowest BCUT2D eigenvalue weighted by Gasteiger charge is -2.29. The number of carbonyl (C=O) groups is 3. The molecule has 0 saturated heterocycles. The third kappa shape index (κ3) is 3.77. The molecule has 6 nitrogen and oxygen atoms in total. The first-order chi connectivity index (χ1) is 10.8. The first kappa shape index (κ1) is 16.7. The molecule has 0 aromatic heterocycles. The predicted molar refractivity (Wildman–Crippen MR) is 85.8 cm³/mol. The smallest absolute Gasteiger partial charge is 0.307 e. The summed E-state index contributed by atoms with van der Waals surface area (Å²) in [6.07, 6.45) is 0.827. The molecule has 4 N–H and O–H groups in total. The minimum Gasteiger partial charge on any atom is -0.481 e. The van der Waals surface area contributed by atoms with E-state index < -0.39 is 23.7 Å². The maximum Gasteiger partial charge on any atom is 0.307 e. The highest BCUT2D eigenvalue weighted by Crippen LogP contribution is 2.35. The van der Waals surface area contributed by atoms with Gasteiger partial charge in [0.2, 0.25) is 11.8 Å². The van der Waals surface area contributed by atoms with Crippen molar-refractivity contribution in [2.45, 2.75) is 26.7 Å². The predicted octanol–water partition coefficient (Wildman–Crippen LogP) is 2.17. The van der Waals surface area contributed by atoms with E-state index in [-0.39, 0.29) is 5.91 Å². The molecule has 2 amide bonds. The molecule has 0 bridgehead atoms. The molecule has 0 saturated carbocycles. The van der Waals surface area contributed by atoms with Crippen LogP contribution in [0.1, 0.15) is 37.0 Å². The van der Waals surface area contributed by atoms with Gasteiger partial charge in [-0.25, -0.2) is 0 Å². The largest absolute Gasteiger partial charge is 0.481 e. The van der Waals surface area contributed by atoms with Gasteiger partial charge in [0.25, 0.3) is 0 Å². The van der Waals surface area contributed by atoms with Gasteiger partial charge in [0, 0.05) is 11.3 Å². The first-order valence-electron chi connectivity index (χ1n) is 7.38. The standard InChI is InChI=1S/C17H20N2O4/c1-9-7-13(14(17(22)23)8-10(9)2)16(21)19-12-5-3-11(4-6-12)15(18)20/h3-6,13-14H,7-8H2,1-2H3,(H2,18,20)(H,19,21)(H,22,23)/t13-,14-/m0/s1. The van der Waals surface area contributed by atoms with E-state index in [0.717, 1.165) is 11.1 Å². The van der Waals surface area contributed by atoms with Crippen LogP contribution in [0.15, 0.2) is 35.4 Å². The summed E-state index contributed by atoms with van der Waals surface area (Å²) >= 11 is 0. The minimum atomic E-state index is -0.957. The fraction of sp³-hybridized carbons (Fsp3) is 0.353. The Labute approximate surface area is 134 Å². The highest BCUT2D eigenvalue weighted by Gasteiger charge is 2.37. The summed E-state index contributed by atoms with van der Waals surface area (Å²) in [5.41, 5.74) is 8.11. The quantitative estimate of drug-likeness (QED) is 0.739. The number of hydrogen-bond donors (Lipinski definition) is 3. The number of nitrogens with two attached hydrogens (primary N) is 1. The Morgan fingerprint density at radius 3 is 2.04 bits per heavy atom. The average molecular weight is 316 g/mol. The van der Waals surface area contributed by atoms with Crippen LogP contribution in [0.25, 0.3) is 0 Å². The lowest BCUT2D eigenvalue weighted by molar-refractivity contribution is -0.146. The van der Waals surface area contributed by atoms with Gasteiger partial charge in [0.1, 0.15) is 0 Å². The maximum absolute atomic E-state index is 12.5. The molecule has 0 aliphatic heterocycles. The Morgan fingerprint density at radius 2 is 1.57 bits per heavy atom. The van der Waals surface area contributed by atoms with Crippen molar-refractivity contribution >= 4 is 23.5 Å². The van der Waals surface area contributed by atoms with Crippen LogP contribution >= 0.6 is 0 Å². The third-order valence-corrected chi connectivity index (χ3v) is 4.36. The molecule has 1 aliphatic rings. The van der Waals surface area contributed by atoms with E-state index in [9.17, 15) is 19.5 Å².